The van der Waals surface area contributed by atoms with Crippen molar-refractivity contribution in [3.05, 3.63) is 29.8 Å². The number of hydrogen-bond acceptors (Lipinski definition) is 3. The quantitative estimate of drug-likeness (QED) is 0.801. The fourth-order valence-corrected chi connectivity index (χ4v) is 2.26. The summed E-state index contributed by atoms with van der Waals surface area (Å²) < 4.78 is 45.4. The first kappa shape index (κ1) is 14.8. The predicted octanol–water partition coefficient (Wildman–Crippen LogP) is 2.90. The molecule has 0 saturated carbocycles. The fraction of sp³-hybridized carbons (Fsp3) is 0.500. The molecule has 6 heteroatoms. The van der Waals surface area contributed by atoms with E-state index in [2.05, 4.69) is 0 Å². The van der Waals surface area contributed by atoms with E-state index in [0.717, 1.165) is 0 Å². The summed E-state index contributed by atoms with van der Waals surface area (Å²) in [6.07, 6.45) is -3.97. The summed E-state index contributed by atoms with van der Waals surface area (Å²) in [6.45, 7) is 0.678. The molecule has 110 valence electrons. The highest BCUT2D eigenvalue weighted by atomic mass is 19.4. The van der Waals surface area contributed by atoms with Gasteiger partial charge in [0.15, 0.2) is 0 Å². The van der Waals surface area contributed by atoms with E-state index in [0.29, 0.717) is 24.9 Å². The molecule has 0 unspecified atom stereocenters. The lowest BCUT2D eigenvalue weighted by atomic mass is 9.90. The summed E-state index contributed by atoms with van der Waals surface area (Å²) in [5.74, 6) is 0.137. The molecule has 0 spiro atoms. The van der Waals surface area contributed by atoms with Gasteiger partial charge in [-0.3, -0.25) is 4.79 Å². The zero-order valence-corrected chi connectivity index (χ0v) is 11.1. The van der Waals surface area contributed by atoms with Crippen LogP contribution in [0.25, 0.3) is 0 Å². The van der Waals surface area contributed by atoms with Crippen LogP contribution in [-0.4, -0.2) is 43.1 Å². The third-order valence-electron chi connectivity index (χ3n) is 3.64. The number of likely N-dealkylation sites (tertiary alicyclic amines) is 1. The van der Waals surface area contributed by atoms with Gasteiger partial charge in [-0.15, -0.1) is 0 Å². The van der Waals surface area contributed by atoms with Crippen LogP contribution in [0.4, 0.5) is 13.2 Å². The number of carbonyl (C=O) groups excluding carboxylic acids is 1. The lowest BCUT2D eigenvalue weighted by Crippen LogP contribution is -2.56. The number of hydrogen-bond donors (Lipinski definition) is 0. The van der Waals surface area contributed by atoms with E-state index < -0.39 is 11.8 Å². The van der Waals surface area contributed by atoms with E-state index in [1.165, 1.54) is 24.3 Å². The smallest absolute Gasteiger partial charge is 0.428 e. The van der Waals surface area contributed by atoms with Crippen LogP contribution >= 0.6 is 0 Å². The Kier molecular flexibility index (Phi) is 4.04. The van der Waals surface area contributed by atoms with Crippen molar-refractivity contribution < 1.29 is 22.7 Å². The van der Waals surface area contributed by atoms with Crippen molar-refractivity contribution in [1.29, 1.82) is 0 Å². The second kappa shape index (κ2) is 5.44. The Morgan fingerprint density at radius 1 is 1.20 bits per heavy atom. The third-order valence-corrected chi connectivity index (χ3v) is 3.64. The molecule has 2 rings (SSSR count). The van der Waals surface area contributed by atoms with E-state index >= 15 is 0 Å². The number of carbonyl (C=O) groups is 1. The molecule has 20 heavy (non-hydrogen) atoms. The van der Waals surface area contributed by atoms with Crippen molar-refractivity contribution in [3.8, 4) is 5.75 Å². The Labute approximate surface area is 115 Å². The molecular formula is C14H16F3NO2. The highest BCUT2D eigenvalue weighted by Crippen LogP contribution is 2.41. The largest absolute Gasteiger partial charge is 0.478 e. The number of piperidine rings is 1. The Hall–Kier alpha value is -1.56. The average Bonchev–Trinajstić information content (AvgIpc) is 2.41. The van der Waals surface area contributed by atoms with E-state index in [-0.39, 0.29) is 18.6 Å². The molecule has 0 N–H and O–H groups in total. The van der Waals surface area contributed by atoms with Gasteiger partial charge in [0.1, 0.15) is 12.0 Å². The second-order valence-electron chi connectivity index (χ2n) is 5.08. The second-order valence-corrected chi connectivity index (χ2v) is 5.08. The lowest BCUT2D eigenvalue weighted by Gasteiger charge is -2.41. The first-order valence-electron chi connectivity index (χ1n) is 6.36. The highest BCUT2D eigenvalue weighted by molar-refractivity contribution is 5.74. The van der Waals surface area contributed by atoms with Crippen molar-refractivity contribution in [2.45, 2.75) is 24.6 Å². The molecule has 0 aliphatic carbocycles. The maximum absolute atomic E-state index is 13.4. The summed E-state index contributed by atoms with van der Waals surface area (Å²) in [5.41, 5.74) is -1.73. The molecule has 1 aromatic carbocycles. The zero-order chi connectivity index (χ0) is 14.8. The van der Waals surface area contributed by atoms with Crippen LogP contribution in [0.15, 0.2) is 24.3 Å². The molecule has 0 aromatic heterocycles. The monoisotopic (exact) mass is 287 g/mol. The molecule has 1 heterocycles. The molecule has 1 fully saturated rings. The van der Waals surface area contributed by atoms with Crippen molar-refractivity contribution in [3.63, 3.8) is 0 Å². The van der Waals surface area contributed by atoms with Crippen LogP contribution in [0.5, 0.6) is 5.75 Å². The third kappa shape index (κ3) is 2.95. The van der Waals surface area contributed by atoms with Gasteiger partial charge in [-0.25, -0.2) is 0 Å². The molecule has 1 saturated heterocycles. The van der Waals surface area contributed by atoms with Crippen molar-refractivity contribution in [2.75, 3.05) is 20.1 Å². The van der Waals surface area contributed by atoms with Gasteiger partial charge in [0, 0.05) is 31.5 Å². The molecule has 0 atom stereocenters. The van der Waals surface area contributed by atoms with Crippen molar-refractivity contribution in [1.82, 2.24) is 4.90 Å². The predicted molar refractivity (Wildman–Crippen MR) is 68.0 cm³/mol. The minimum absolute atomic E-state index is 0.0948. The molecule has 1 aliphatic rings. The zero-order valence-electron chi connectivity index (χ0n) is 11.1. The summed E-state index contributed by atoms with van der Waals surface area (Å²) >= 11 is 0. The molecule has 0 amide bonds. The first-order valence-corrected chi connectivity index (χ1v) is 6.36. The summed E-state index contributed by atoms with van der Waals surface area (Å²) in [7, 11) is 1.79. The molecule has 1 aromatic rings. The number of aldehydes is 1. The maximum Gasteiger partial charge on any atom is 0.428 e. The minimum Gasteiger partial charge on any atom is -0.478 e. The van der Waals surface area contributed by atoms with Gasteiger partial charge in [-0.2, -0.15) is 13.2 Å². The van der Waals surface area contributed by atoms with E-state index in [9.17, 15) is 18.0 Å². The molecule has 1 aliphatic heterocycles. The van der Waals surface area contributed by atoms with Gasteiger partial charge in [-0.05, 0) is 31.3 Å². The van der Waals surface area contributed by atoms with Crippen LogP contribution in [0.3, 0.4) is 0 Å². The summed E-state index contributed by atoms with van der Waals surface area (Å²) in [5, 5.41) is 0. The van der Waals surface area contributed by atoms with Crippen LogP contribution < -0.4 is 4.74 Å². The Morgan fingerprint density at radius 2 is 1.75 bits per heavy atom. The molecule has 3 nitrogen and oxygen atoms in total. The Morgan fingerprint density at radius 3 is 2.20 bits per heavy atom. The SMILES string of the molecule is CN1CCC(Oc2ccc(C=O)cc2)(C(F)(F)F)CC1. The highest BCUT2D eigenvalue weighted by Gasteiger charge is 2.57. The van der Waals surface area contributed by atoms with Gasteiger partial charge in [0.25, 0.3) is 0 Å². The number of rotatable bonds is 3. The van der Waals surface area contributed by atoms with Crippen LogP contribution in [0.1, 0.15) is 23.2 Å². The Bertz CT molecular complexity index is 462. The number of halogens is 3. The van der Waals surface area contributed by atoms with Gasteiger partial charge >= 0.3 is 6.18 Å². The summed E-state index contributed by atoms with van der Waals surface area (Å²) in [6, 6.07) is 5.69. The number of nitrogens with zero attached hydrogens (tertiary/aromatic N) is 1. The summed E-state index contributed by atoms with van der Waals surface area (Å²) in [4.78, 5) is 12.4. The molecule has 0 radical (unpaired) electrons. The van der Waals surface area contributed by atoms with Gasteiger partial charge < -0.3 is 9.64 Å². The van der Waals surface area contributed by atoms with E-state index in [1.54, 1.807) is 7.05 Å². The minimum atomic E-state index is -4.42. The maximum atomic E-state index is 13.4. The van der Waals surface area contributed by atoms with Crippen molar-refractivity contribution >= 4 is 6.29 Å². The van der Waals surface area contributed by atoms with E-state index in [4.69, 9.17) is 4.74 Å². The van der Waals surface area contributed by atoms with Gasteiger partial charge in [0.05, 0.1) is 0 Å². The average molecular weight is 287 g/mol. The molecule has 0 bridgehead atoms. The van der Waals surface area contributed by atoms with E-state index in [1.807, 2.05) is 4.90 Å². The Balaban J connectivity index is 2.21. The number of benzene rings is 1. The number of alkyl halides is 3. The molecular weight excluding hydrogens is 271 g/mol. The van der Waals surface area contributed by atoms with Gasteiger partial charge in [0.2, 0.25) is 5.60 Å². The standard InChI is InChI=1S/C14H16F3NO2/c1-18-8-6-13(7-9-18,14(15,16)17)20-12-4-2-11(10-19)3-5-12/h2-5,10H,6-9H2,1H3. The topological polar surface area (TPSA) is 29.5 Å². The van der Waals surface area contributed by atoms with Crippen molar-refractivity contribution in [2.24, 2.45) is 0 Å². The first-order chi connectivity index (χ1) is 9.36. The normalized spacial score (nSPS) is 19.6. The van der Waals surface area contributed by atoms with Crippen LogP contribution in [0, 0.1) is 0 Å². The lowest BCUT2D eigenvalue weighted by molar-refractivity contribution is -0.260. The number of ether oxygens (including phenoxy) is 1. The van der Waals surface area contributed by atoms with Gasteiger partial charge in [-0.1, -0.05) is 0 Å². The fourth-order valence-electron chi connectivity index (χ4n) is 2.26. The van der Waals surface area contributed by atoms with Crippen LogP contribution in [0.2, 0.25) is 0 Å². The van der Waals surface area contributed by atoms with Crippen LogP contribution in [-0.2, 0) is 0 Å².